The Kier molecular flexibility index (Phi) is 5.77. The van der Waals surface area contributed by atoms with Crippen LogP contribution < -0.4 is 0 Å². The van der Waals surface area contributed by atoms with E-state index in [1.165, 1.54) is 31.3 Å². The predicted octanol–water partition coefficient (Wildman–Crippen LogP) is 2.33. The molecule has 1 amide bonds. The van der Waals surface area contributed by atoms with E-state index >= 15 is 0 Å². The molecule has 8 heteroatoms. The fourth-order valence-corrected chi connectivity index (χ4v) is 4.21. The maximum Gasteiger partial charge on any atom is 0.243 e. The van der Waals surface area contributed by atoms with E-state index in [1.54, 1.807) is 11.1 Å². The molecule has 3 rings (SSSR count). The molecule has 1 aromatic heterocycles. The first kappa shape index (κ1) is 20.0. The molecule has 1 aliphatic carbocycles. The van der Waals surface area contributed by atoms with Crippen LogP contribution in [-0.2, 0) is 14.8 Å². The molecule has 1 aliphatic rings. The monoisotopic (exact) mass is 398 g/mol. The molecule has 2 aromatic rings. The van der Waals surface area contributed by atoms with Crippen LogP contribution in [0, 0.1) is 11.3 Å². The van der Waals surface area contributed by atoms with Gasteiger partial charge in [0.25, 0.3) is 0 Å². The van der Waals surface area contributed by atoms with Crippen molar-refractivity contribution in [1.29, 1.82) is 5.26 Å². The van der Waals surface area contributed by atoms with E-state index in [2.05, 4.69) is 4.98 Å². The van der Waals surface area contributed by atoms with Gasteiger partial charge in [-0.3, -0.25) is 9.78 Å². The summed E-state index contributed by atoms with van der Waals surface area (Å²) in [5, 5.41) is 8.86. The van der Waals surface area contributed by atoms with Gasteiger partial charge in [0.1, 0.15) is 0 Å². The summed E-state index contributed by atoms with van der Waals surface area (Å²) >= 11 is 0. The summed E-state index contributed by atoms with van der Waals surface area (Å²) in [4.78, 5) is 19.1. The first-order valence-corrected chi connectivity index (χ1v) is 10.5. The number of sulfonamides is 1. The number of benzene rings is 1. The molecule has 1 heterocycles. The summed E-state index contributed by atoms with van der Waals surface area (Å²) in [5.74, 6) is -0.250. The zero-order chi connectivity index (χ0) is 20.3. The zero-order valence-electron chi connectivity index (χ0n) is 15.8. The van der Waals surface area contributed by atoms with Crippen molar-refractivity contribution in [3.8, 4) is 6.07 Å². The lowest BCUT2D eigenvalue weighted by Crippen LogP contribution is -2.43. The van der Waals surface area contributed by atoms with Crippen LogP contribution in [0.3, 0.4) is 0 Å². The number of carbonyl (C=O) groups excluding carboxylic acids is 1. The third kappa shape index (κ3) is 4.21. The van der Waals surface area contributed by atoms with Crippen molar-refractivity contribution < 1.29 is 13.2 Å². The van der Waals surface area contributed by atoms with Crippen LogP contribution in [0.1, 0.15) is 37.1 Å². The minimum absolute atomic E-state index is 0.0533. The summed E-state index contributed by atoms with van der Waals surface area (Å²) < 4.78 is 26.6. The summed E-state index contributed by atoms with van der Waals surface area (Å²) in [6.45, 7) is 1.66. The van der Waals surface area contributed by atoms with Gasteiger partial charge in [-0.15, -0.1) is 0 Å². The molecule has 0 spiro atoms. The van der Waals surface area contributed by atoms with E-state index in [4.69, 9.17) is 5.26 Å². The third-order valence-corrected chi connectivity index (χ3v) is 6.63. The van der Waals surface area contributed by atoms with E-state index in [9.17, 15) is 13.2 Å². The Morgan fingerprint density at radius 2 is 1.93 bits per heavy atom. The largest absolute Gasteiger partial charge is 0.330 e. The van der Waals surface area contributed by atoms with Crippen molar-refractivity contribution in [3.63, 3.8) is 0 Å². The number of pyridine rings is 1. The van der Waals surface area contributed by atoms with E-state index in [-0.39, 0.29) is 29.4 Å². The Hall–Kier alpha value is -2.76. The molecule has 28 heavy (non-hydrogen) atoms. The topological polar surface area (TPSA) is 94.4 Å². The third-order valence-electron chi connectivity index (χ3n) is 4.81. The molecule has 0 radical (unpaired) electrons. The number of amides is 1. The van der Waals surface area contributed by atoms with Crippen molar-refractivity contribution in [2.24, 2.45) is 0 Å². The first-order valence-electron chi connectivity index (χ1n) is 9.03. The number of carbonyl (C=O) groups is 1. The Morgan fingerprint density at radius 1 is 1.25 bits per heavy atom. The normalized spacial score (nSPS) is 15.1. The van der Waals surface area contributed by atoms with Crippen LogP contribution >= 0.6 is 0 Å². The van der Waals surface area contributed by atoms with Gasteiger partial charge in [-0.25, -0.2) is 8.42 Å². The fraction of sp³-hybridized carbons (Fsp3) is 0.350. The Bertz CT molecular complexity index is 980. The van der Waals surface area contributed by atoms with Gasteiger partial charge < -0.3 is 4.90 Å². The van der Waals surface area contributed by atoms with Gasteiger partial charge in [0, 0.05) is 19.3 Å². The first-order chi connectivity index (χ1) is 13.3. The molecule has 0 aliphatic heterocycles. The minimum atomic E-state index is -3.83. The van der Waals surface area contributed by atoms with Crippen LogP contribution in [-0.4, -0.2) is 48.1 Å². The van der Waals surface area contributed by atoms with Gasteiger partial charge in [-0.2, -0.15) is 9.57 Å². The summed E-state index contributed by atoms with van der Waals surface area (Å²) in [5.41, 5.74) is 1.15. The number of nitriles is 1. The van der Waals surface area contributed by atoms with Gasteiger partial charge in [0.15, 0.2) is 0 Å². The standard InChI is InChI=1S/C20H22N4O3S/c1-15(19-5-3-4-12-22-19)24(17-8-9-17)20(25)14-23(2)28(26,27)18-10-6-16(13-21)7-11-18/h3-7,10-12,15,17H,8-9,14H2,1-2H3. The Balaban J connectivity index is 1.76. The average Bonchev–Trinajstić information content (AvgIpc) is 3.53. The lowest BCUT2D eigenvalue weighted by Gasteiger charge is -2.30. The molecule has 0 bridgehead atoms. The molecule has 0 N–H and O–H groups in total. The van der Waals surface area contributed by atoms with Gasteiger partial charge in [0.05, 0.1) is 34.8 Å². The number of hydrogen-bond donors (Lipinski definition) is 0. The highest BCUT2D eigenvalue weighted by atomic mass is 32.2. The number of aromatic nitrogens is 1. The second-order valence-corrected chi connectivity index (χ2v) is 8.90. The number of likely N-dealkylation sites (N-methyl/N-ethyl adjacent to an activating group) is 1. The quantitative estimate of drug-likeness (QED) is 0.713. The molecular formula is C20H22N4O3S. The molecule has 146 valence electrons. The van der Waals surface area contributed by atoms with Crippen molar-refractivity contribution in [2.75, 3.05) is 13.6 Å². The van der Waals surface area contributed by atoms with Crippen molar-refractivity contribution in [2.45, 2.75) is 36.7 Å². The summed E-state index contributed by atoms with van der Waals surface area (Å²) in [7, 11) is -2.44. The van der Waals surface area contributed by atoms with E-state index in [1.807, 2.05) is 31.2 Å². The second kappa shape index (κ2) is 8.09. The van der Waals surface area contributed by atoms with Gasteiger partial charge >= 0.3 is 0 Å². The van der Waals surface area contributed by atoms with Gasteiger partial charge in [0.2, 0.25) is 15.9 Å². The number of nitrogens with zero attached hydrogens (tertiary/aromatic N) is 4. The zero-order valence-corrected chi connectivity index (χ0v) is 16.6. The van der Waals surface area contributed by atoms with Crippen LogP contribution in [0.25, 0.3) is 0 Å². The van der Waals surface area contributed by atoms with Crippen LogP contribution in [0.4, 0.5) is 0 Å². The highest BCUT2D eigenvalue weighted by Gasteiger charge is 2.38. The van der Waals surface area contributed by atoms with Gasteiger partial charge in [-0.05, 0) is 56.2 Å². The Labute approximate surface area is 165 Å². The van der Waals surface area contributed by atoms with Crippen LogP contribution in [0.5, 0.6) is 0 Å². The molecule has 0 saturated heterocycles. The SMILES string of the molecule is CC(c1ccccn1)N(C(=O)CN(C)S(=O)(=O)c1ccc(C#N)cc1)C1CC1. The Morgan fingerprint density at radius 3 is 2.46 bits per heavy atom. The lowest BCUT2D eigenvalue weighted by atomic mass is 10.1. The van der Waals surface area contributed by atoms with Crippen LogP contribution in [0.2, 0.25) is 0 Å². The maximum absolute atomic E-state index is 13.0. The predicted molar refractivity (Wildman–Crippen MR) is 103 cm³/mol. The van der Waals surface area contributed by atoms with Crippen molar-refractivity contribution in [1.82, 2.24) is 14.2 Å². The molecular weight excluding hydrogens is 376 g/mol. The van der Waals surface area contributed by atoms with Crippen molar-refractivity contribution in [3.05, 3.63) is 59.9 Å². The smallest absolute Gasteiger partial charge is 0.243 e. The highest BCUT2D eigenvalue weighted by molar-refractivity contribution is 7.89. The number of rotatable bonds is 7. The molecule has 1 saturated carbocycles. The lowest BCUT2D eigenvalue weighted by molar-refractivity contribution is -0.134. The van der Waals surface area contributed by atoms with Crippen molar-refractivity contribution >= 4 is 15.9 Å². The molecule has 1 unspecified atom stereocenters. The highest BCUT2D eigenvalue weighted by Crippen LogP contribution is 2.34. The molecule has 1 aromatic carbocycles. The molecule has 7 nitrogen and oxygen atoms in total. The minimum Gasteiger partial charge on any atom is -0.330 e. The number of hydrogen-bond acceptors (Lipinski definition) is 5. The molecule has 1 atom stereocenters. The summed E-state index contributed by atoms with van der Waals surface area (Å²) in [6.07, 6.45) is 3.51. The van der Waals surface area contributed by atoms with Gasteiger partial charge in [-0.1, -0.05) is 6.07 Å². The fourth-order valence-electron chi connectivity index (χ4n) is 3.09. The second-order valence-electron chi connectivity index (χ2n) is 6.86. The van der Waals surface area contributed by atoms with E-state index in [0.717, 1.165) is 22.8 Å². The van der Waals surface area contributed by atoms with E-state index in [0.29, 0.717) is 5.56 Å². The maximum atomic E-state index is 13.0. The summed E-state index contributed by atoms with van der Waals surface area (Å²) in [6, 6.07) is 13.1. The molecule has 1 fully saturated rings. The van der Waals surface area contributed by atoms with E-state index < -0.39 is 10.0 Å². The average molecular weight is 398 g/mol. The van der Waals surface area contributed by atoms with Crippen LogP contribution in [0.15, 0.2) is 53.6 Å².